The quantitative estimate of drug-likeness (QED) is 0.503. The zero-order chi connectivity index (χ0) is 19.3. The van der Waals surface area contributed by atoms with Gasteiger partial charge in [-0.2, -0.15) is 15.0 Å². The molecule has 9 nitrogen and oxygen atoms in total. The minimum absolute atomic E-state index is 0.0759. The average molecular weight is 372 g/mol. The Labute approximate surface area is 159 Å². The Balaban J connectivity index is 1.70. The van der Waals surface area contributed by atoms with Gasteiger partial charge in [0, 0.05) is 23.4 Å². The van der Waals surface area contributed by atoms with E-state index in [4.69, 9.17) is 10.7 Å². The van der Waals surface area contributed by atoms with Gasteiger partial charge in [-0.3, -0.25) is 4.79 Å². The number of benzene rings is 2. The van der Waals surface area contributed by atoms with Gasteiger partial charge in [-0.05, 0) is 31.2 Å². The van der Waals surface area contributed by atoms with Gasteiger partial charge < -0.3 is 16.4 Å². The molecule has 0 radical (unpaired) electrons. The van der Waals surface area contributed by atoms with E-state index in [2.05, 4.69) is 25.6 Å². The number of hydrogen-bond donors (Lipinski definition) is 3. The van der Waals surface area contributed by atoms with Crippen molar-refractivity contribution in [2.45, 2.75) is 13.5 Å². The van der Waals surface area contributed by atoms with Crippen LogP contribution in [0.25, 0.3) is 17.0 Å². The summed E-state index contributed by atoms with van der Waals surface area (Å²) in [7, 11) is 0. The minimum atomic E-state index is -0.0759. The fourth-order valence-electron chi connectivity index (χ4n) is 3.39. The number of rotatable bonds is 3. The highest BCUT2D eigenvalue weighted by Crippen LogP contribution is 2.30. The van der Waals surface area contributed by atoms with Crippen LogP contribution in [-0.4, -0.2) is 30.4 Å². The normalized spacial score (nSPS) is 12.8. The van der Waals surface area contributed by atoms with Gasteiger partial charge >= 0.3 is 0 Å². The van der Waals surface area contributed by atoms with Crippen molar-refractivity contribution < 1.29 is 4.79 Å². The highest BCUT2D eigenvalue weighted by atomic mass is 16.1. The lowest BCUT2D eigenvalue weighted by atomic mass is 10.1. The van der Waals surface area contributed by atoms with Gasteiger partial charge in [0.15, 0.2) is 0 Å². The second kappa shape index (κ2) is 6.02. The highest BCUT2D eigenvalue weighted by Gasteiger charge is 2.23. The number of carbonyl (C=O) groups is 1. The van der Waals surface area contributed by atoms with E-state index in [1.165, 1.54) is 0 Å². The Morgan fingerprint density at radius 3 is 2.79 bits per heavy atom. The van der Waals surface area contributed by atoms with Crippen molar-refractivity contribution in [2.24, 2.45) is 0 Å². The molecule has 4 aromatic rings. The molecule has 5 rings (SSSR count). The van der Waals surface area contributed by atoms with Crippen molar-refractivity contribution in [3.63, 3.8) is 0 Å². The van der Waals surface area contributed by atoms with E-state index < -0.39 is 0 Å². The first-order valence-corrected chi connectivity index (χ1v) is 8.73. The third-order valence-electron chi connectivity index (χ3n) is 4.61. The van der Waals surface area contributed by atoms with E-state index in [1.807, 2.05) is 42.5 Å². The smallest absolute Gasteiger partial charge is 0.251 e. The van der Waals surface area contributed by atoms with Crippen LogP contribution >= 0.6 is 0 Å². The number of imidazole rings is 1. The summed E-state index contributed by atoms with van der Waals surface area (Å²) in [5.74, 6) is 1.48. The molecule has 1 amide bonds. The summed E-state index contributed by atoms with van der Waals surface area (Å²) in [4.78, 5) is 29.4. The molecule has 0 saturated carbocycles. The first-order valence-electron chi connectivity index (χ1n) is 8.73. The molecule has 3 heterocycles. The summed E-state index contributed by atoms with van der Waals surface area (Å²) in [5, 5.41) is 6.18. The summed E-state index contributed by atoms with van der Waals surface area (Å²) < 4.78 is 1.80. The van der Waals surface area contributed by atoms with Gasteiger partial charge in [-0.25, -0.2) is 9.55 Å². The van der Waals surface area contributed by atoms with E-state index in [0.29, 0.717) is 29.8 Å². The molecule has 0 atom stereocenters. The molecule has 0 saturated heterocycles. The fourth-order valence-corrected chi connectivity index (χ4v) is 3.39. The zero-order valence-electron chi connectivity index (χ0n) is 15.0. The molecule has 9 heteroatoms. The predicted molar refractivity (Wildman–Crippen MR) is 104 cm³/mol. The highest BCUT2D eigenvalue weighted by molar-refractivity contribution is 6.00. The monoisotopic (exact) mass is 372 g/mol. The molecule has 138 valence electrons. The van der Waals surface area contributed by atoms with Crippen LogP contribution < -0.4 is 16.4 Å². The summed E-state index contributed by atoms with van der Waals surface area (Å²) >= 11 is 0. The molecular formula is C19H16N8O. The van der Waals surface area contributed by atoms with Gasteiger partial charge in [0.2, 0.25) is 17.8 Å². The SMILES string of the molecule is Cc1nc(N)nc(-n2c(Nc3cccc4c3CNC4=O)nc3ccccc32)n1. The number of nitrogens with one attached hydrogen (secondary N) is 2. The van der Waals surface area contributed by atoms with Crippen LogP contribution in [0.1, 0.15) is 21.7 Å². The Morgan fingerprint density at radius 1 is 1.07 bits per heavy atom. The molecular weight excluding hydrogens is 356 g/mol. The van der Waals surface area contributed by atoms with Crippen molar-refractivity contribution in [1.29, 1.82) is 0 Å². The number of anilines is 3. The zero-order valence-corrected chi connectivity index (χ0v) is 15.0. The third-order valence-corrected chi connectivity index (χ3v) is 4.61. The second-order valence-corrected chi connectivity index (χ2v) is 6.44. The Kier molecular flexibility index (Phi) is 3.48. The van der Waals surface area contributed by atoms with Crippen LogP contribution in [-0.2, 0) is 6.54 Å². The number of aromatic nitrogens is 5. The molecule has 0 spiro atoms. The van der Waals surface area contributed by atoms with Crippen LogP contribution in [0.3, 0.4) is 0 Å². The Bertz CT molecular complexity index is 1230. The van der Waals surface area contributed by atoms with Gasteiger partial charge in [0.25, 0.3) is 5.91 Å². The molecule has 0 bridgehead atoms. The number of nitrogens with zero attached hydrogens (tertiary/aromatic N) is 5. The standard InChI is InChI=1S/C19H16N8O/c1-10-22-17(20)26-18(23-10)27-15-8-3-2-6-14(15)25-19(27)24-13-7-4-5-11-12(13)9-21-16(11)28/h2-8H,9H2,1H3,(H,21,28)(H,24,25)(H2,20,22,23,26). The van der Waals surface area contributed by atoms with Gasteiger partial charge in [0.05, 0.1) is 11.0 Å². The number of fused-ring (bicyclic) bond motifs is 2. The molecule has 2 aromatic carbocycles. The molecule has 1 aliphatic rings. The Hall–Kier alpha value is -4.01. The van der Waals surface area contributed by atoms with Crippen LogP contribution in [0.5, 0.6) is 0 Å². The van der Waals surface area contributed by atoms with E-state index in [0.717, 1.165) is 22.3 Å². The van der Waals surface area contributed by atoms with E-state index in [1.54, 1.807) is 11.5 Å². The van der Waals surface area contributed by atoms with Crippen molar-refractivity contribution in [1.82, 2.24) is 29.8 Å². The van der Waals surface area contributed by atoms with E-state index in [-0.39, 0.29) is 11.9 Å². The van der Waals surface area contributed by atoms with Crippen LogP contribution in [0.2, 0.25) is 0 Å². The lowest BCUT2D eigenvalue weighted by Gasteiger charge is -2.12. The van der Waals surface area contributed by atoms with Gasteiger partial charge in [-0.1, -0.05) is 18.2 Å². The second-order valence-electron chi connectivity index (χ2n) is 6.44. The first-order chi connectivity index (χ1) is 13.6. The lowest BCUT2D eigenvalue weighted by molar-refractivity contribution is 0.0965. The number of amides is 1. The van der Waals surface area contributed by atoms with E-state index >= 15 is 0 Å². The fraction of sp³-hybridized carbons (Fsp3) is 0.105. The van der Waals surface area contributed by atoms with Crippen LogP contribution in [0.4, 0.5) is 17.6 Å². The molecule has 2 aromatic heterocycles. The maximum Gasteiger partial charge on any atom is 0.251 e. The predicted octanol–water partition coefficient (Wildman–Crippen LogP) is 2.09. The summed E-state index contributed by atoms with van der Waals surface area (Å²) in [5.41, 5.74) is 9.81. The third kappa shape index (κ3) is 2.52. The molecule has 0 aliphatic carbocycles. The first kappa shape index (κ1) is 16.2. The Morgan fingerprint density at radius 2 is 1.93 bits per heavy atom. The summed E-state index contributed by atoms with van der Waals surface area (Å²) in [6.07, 6.45) is 0. The summed E-state index contributed by atoms with van der Waals surface area (Å²) in [6.45, 7) is 2.23. The summed E-state index contributed by atoms with van der Waals surface area (Å²) in [6, 6.07) is 13.2. The largest absolute Gasteiger partial charge is 0.368 e. The molecule has 4 N–H and O–H groups in total. The van der Waals surface area contributed by atoms with Gasteiger partial charge in [-0.15, -0.1) is 0 Å². The molecule has 0 unspecified atom stereocenters. The average Bonchev–Trinajstić information content (AvgIpc) is 3.22. The minimum Gasteiger partial charge on any atom is -0.368 e. The van der Waals surface area contributed by atoms with Crippen molar-refractivity contribution in [3.8, 4) is 5.95 Å². The number of nitrogens with two attached hydrogens (primary N) is 1. The van der Waals surface area contributed by atoms with Crippen molar-refractivity contribution in [2.75, 3.05) is 11.1 Å². The lowest BCUT2D eigenvalue weighted by Crippen LogP contribution is -2.12. The van der Waals surface area contributed by atoms with Crippen molar-refractivity contribution >= 4 is 34.5 Å². The number of carbonyl (C=O) groups excluding carboxylic acids is 1. The van der Waals surface area contributed by atoms with E-state index in [9.17, 15) is 4.79 Å². The molecule has 28 heavy (non-hydrogen) atoms. The van der Waals surface area contributed by atoms with Crippen LogP contribution in [0, 0.1) is 6.92 Å². The molecule has 0 fully saturated rings. The number of nitrogen functional groups attached to an aromatic ring is 1. The number of hydrogen-bond acceptors (Lipinski definition) is 7. The topological polar surface area (TPSA) is 124 Å². The van der Waals surface area contributed by atoms with Crippen LogP contribution in [0.15, 0.2) is 42.5 Å². The molecule has 1 aliphatic heterocycles. The van der Waals surface area contributed by atoms with Gasteiger partial charge in [0.1, 0.15) is 5.82 Å². The maximum absolute atomic E-state index is 12.0. The maximum atomic E-state index is 12.0. The van der Waals surface area contributed by atoms with Crippen molar-refractivity contribution in [3.05, 3.63) is 59.4 Å². The number of aryl methyl sites for hydroxylation is 1. The number of para-hydroxylation sites is 2.